The number of aromatic nitrogens is 2. The highest BCUT2D eigenvalue weighted by Gasteiger charge is 2.27. The summed E-state index contributed by atoms with van der Waals surface area (Å²) in [5, 5.41) is 4.09. The molecule has 0 bridgehead atoms. The van der Waals surface area contributed by atoms with Crippen LogP contribution < -0.4 is 0 Å². The third kappa shape index (κ3) is 4.51. The number of pyridine rings is 1. The van der Waals surface area contributed by atoms with Crippen LogP contribution in [0.1, 0.15) is 49.4 Å². The van der Waals surface area contributed by atoms with Crippen molar-refractivity contribution >= 4 is 5.91 Å². The standard InChI is InChI=1S/C22H30N4O3/c1-3-19-22(16(2)24-29-19)18-8-6-7-17(23-18)20-15-26(13-14-28-20)21(27)9-12-25-10-4-5-11-25/h6-8,20H,3-5,9-15H2,1-2H3/t20-/m0/s1. The highest BCUT2D eigenvalue weighted by molar-refractivity contribution is 5.76. The summed E-state index contributed by atoms with van der Waals surface area (Å²) in [6.45, 7) is 8.83. The van der Waals surface area contributed by atoms with Gasteiger partial charge < -0.3 is 19.1 Å². The minimum Gasteiger partial charge on any atom is -0.368 e. The van der Waals surface area contributed by atoms with Crippen LogP contribution in [-0.2, 0) is 16.0 Å². The van der Waals surface area contributed by atoms with Gasteiger partial charge in [0.05, 0.1) is 35.8 Å². The first-order valence-electron chi connectivity index (χ1n) is 10.7. The summed E-state index contributed by atoms with van der Waals surface area (Å²) in [6, 6.07) is 5.94. The summed E-state index contributed by atoms with van der Waals surface area (Å²) < 4.78 is 11.4. The van der Waals surface area contributed by atoms with Gasteiger partial charge in [0.15, 0.2) is 0 Å². The summed E-state index contributed by atoms with van der Waals surface area (Å²) in [5.41, 5.74) is 3.50. The Bertz CT molecular complexity index is 844. The molecule has 2 aromatic rings. The molecule has 0 saturated carbocycles. The van der Waals surface area contributed by atoms with Gasteiger partial charge in [0.1, 0.15) is 11.9 Å². The molecular weight excluding hydrogens is 368 g/mol. The van der Waals surface area contributed by atoms with E-state index in [1.54, 1.807) is 0 Å². The molecule has 0 aliphatic carbocycles. The Labute approximate surface area is 172 Å². The molecule has 2 aliphatic heterocycles. The first-order chi connectivity index (χ1) is 14.2. The molecule has 4 rings (SSSR count). The van der Waals surface area contributed by atoms with E-state index in [0.29, 0.717) is 26.1 Å². The van der Waals surface area contributed by atoms with Crippen LogP contribution >= 0.6 is 0 Å². The predicted molar refractivity (Wildman–Crippen MR) is 109 cm³/mol. The lowest BCUT2D eigenvalue weighted by molar-refractivity contribution is -0.139. The molecule has 2 aromatic heterocycles. The molecule has 7 heteroatoms. The highest BCUT2D eigenvalue weighted by atomic mass is 16.5. The van der Waals surface area contributed by atoms with Gasteiger partial charge in [-0.1, -0.05) is 18.1 Å². The lowest BCUT2D eigenvalue weighted by Crippen LogP contribution is -2.43. The maximum absolute atomic E-state index is 12.7. The maximum Gasteiger partial charge on any atom is 0.224 e. The quantitative estimate of drug-likeness (QED) is 0.745. The molecule has 0 radical (unpaired) electrons. The zero-order valence-electron chi connectivity index (χ0n) is 17.4. The largest absolute Gasteiger partial charge is 0.368 e. The second kappa shape index (κ2) is 9.05. The first kappa shape index (κ1) is 20.0. The number of amides is 1. The van der Waals surface area contributed by atoms with Gasteiger partial charge in [-0.05, 0) is 45.0 Å². The Hall–Kier alpha value is -2.25. The van der Waals surface area contributed by atoms with Crippen LogP contribution in [0.5, 0.6) is 0 Å². The number of hydrogen-bond donors (Lipinski definition) is 0. The average Bonchev–Trinajstić information content (AvgIpc) is 3.41. The van der Waals surface area contributed by atoms with Crippen molar-refractivity contribution in [1.82, 2.24) is 19.9 Å². The molecule has 0 unspecified atom stereocenters. The number of hydrogen-bond acceptors (Lipinski definition) is 6. The van der Waals surface area contributed by atoms with Gasteiger partial charge in [0.2, 0.25) is 5.91 Å². The second-order valence-corrected chi connectivity index (χ2v) is 7.87. The van der Waals surface area contributed by atoms with Crippen molar-refractivity contribution in [3.05, 3.63) is 35.3 Å². The fraction of sp³-hybridized carbons (Fsp3) is 0.591. The van der Waals surface area contributed by atoms with Gasteiger partial charge in [-0.25, -0.2) is 4.98 Å². The molecule has 0 N–H and O–H groups in total. The van der Waals surface area contributed by atoms with Crippen molar-refractivity contribution in [2.24, 2.45) is 0 Å². The number of ether oxygens (including phenoxy) is 1. The van der Waals surface area contributed by atoms with Gasteiger partial charge in [-0.2, -0.15) is 0 Å². The van der Waals surface area contributed by atoms with E-state index in [4.69, 9.17) is 14.2 Å². The summed E-state index contributed by atoms with van der Waals surface area (Å²) >= 11 is 0. The van der Waals surface area contributed by atoms with Crippen molar-refractivity contribution in [3.8, 4) is 11.3 Å². The fourth-order valence-electron chi connectivity index (χ4n) is 4.23. The van der Waals surface area contributed by atoms with Crippen molar-refractivity contribution in [2.45, 2.75) is 45.6 Å². The normalized spacial score (nSPS) is 20.3. The van der Waals surface area contributed by atoms with Gasteiger partial charge in [-0.3, -0.25) is 4.79 Å². The van der Waals surface area contributed by atoms with E-state index in [0.717, 1.165) is 54.5 Å². The molecule has 1 atom stereocenters. The molecular formula is C22H30N4O3. The molecule has 1 amide bonds. The van der Waals surface area contributed by atoms with E-state index >= 15 is 0 Å². The fourth-order valence-corrected chi connectivity index (χ4v) is 4.23. The van der Waals surface area contributed by atoms with E-state index in [1.165, 1.54) is 12.8 Å². The van der Waals surface area contributed by atoms with Crippen LogP contribution in [0.4, 0.5) is 0 Å². The lowest BCUT2D eigenvalue weighted by atomic mass is 10.1. The summed E-state index contributed by atoms with van der Waals surface area (Å²) in [7, 11) is 0. The Kier molecular flexibility index (Phi) is 6.25. The van der Waals surface area contributed by atoms with E-state index in [1.807, 2.05) is 36.9 Å². The average molecular weight is 399 g/mol. The zero-order valence-corrected chi connectivity index (χ0v) is 17.4. The van der Waals surface area contributed by atoms with Crippen LogP contribution in [-0.4, -0.2) is 65.2 Å². The van der Waals surface area contributed by atoms with Crippen molar-refractivity contribution in [1.29, 1.82) is 0 Å². The molecule has 2 aliphatic rings. The number of nitrogens with zero attached hydrogens (tertiary/aromatic N) is 4. The van der Waals surface area contributed by atoms with Crippen molar-refractivity contribution in [2.75, 3.05) is 39.3 Å². The van der Waals surface area contributed by atoms with Crippen LogP contribution in [0.25, 0.3) is 11.3 Å². The Balaban J connectivity index is 1.44. The number of rotatable bonds is 6. The Morgan fingerprint density at radius 1 is 1.24 bits per heavy atom. The minimum absolute atomic E-state index is 0.204. The third-order valence-electron chi connectivity index (χ3n) is 5.87. The van der Waals surface area contributed by atoms with Gasteiger partial charge >= 0.3 is 0 Å². The molecule has 29 heavy (non-hydrogen) atoms. The van der Waals surface area contributed by atoms with Gasteiger partial charge in [0.25, 0.3) is 0 Å². The highest BCUT2D eigenvalue weighted by Crippen LogP contribution is 2.29. The summed E-state index contributed by atoms with van der Waals surface area (Å²) in [5.74, 6) is 1.06. The lowest BCUT2D eigenvalue weighted by Gasteiger charge is -2.33. The summed E-state index contributed by atoms with van der Waals surface area (Å²) in [6.07, 6.45) is 3.65. The monoisotopic (exact) mass is 398 g/mol. The van der Waals surface area contributed by atoms with Crippen LogP contribution in [0.2, 0.25) is 0 Å². The van der Waals surface area contributed by atoms with Crippen LogP contribution in [0.3, 0.4) is 0 Å². The predicted octanol–water partition coefficient (Wildman–Crippen LogP) is 2.99. The number of carbonyl (C=O) groups excluding carboxylic acids is 1. The van der Waals surface area contributed by atoms with Gasteiger partial charge in [-0.15, -0.1) is 0 Å². The number of likely N-dealkylation sites (tertiary alicyclic amines) is 1. The second-order valence-electron chi connectivity index (χ2n) is 7.87. The zero-order chi connectivity index (χ0) is 20.2. The maximum atomic E-state index is 12.7. The molecule has 2 saturated heterocycles. The smallest absolute Gasteiger partial charge is 0.224 e. The van der Waals surface area contributed by atoms with Crippen LogP contribution in [0.15, 0.2) is 22.7 Å². The third-order valence-corrected chi connectivity index (χ3v) is 5.87. The topological polar surface area (TPSA) is 71.7 Å². The van der Waals surface area contributed by atoms with E-state index in [9.17, 15) is 4.79 Å². The number of aryl methyl sites for hydroxylation is 2. The SMILES string of the molecule is CCc1onc(C)c1-c1cccc([C@@H]2CN(C(=O)CCN3CCCC3)CCO2)n1. The van der Waals surface area contributed by atoms with Crippen LogP contribution in [0, 0.1) is 6.92 Å². The molecule has 0 spiro atoms. The molecule has 4 heterocycles. The molecule has 0 aromatic carbocycles. The van der Waals surface area contributed by atoms with Crippen molar-refractivity contribution < 1.29 is 14.1 Å². The Morgan fingerprint density at radius 3 is 2.86 bits per heavy atom. The van der Waals surface area contributed by atoms with E-state index in [-0.39, 0.29) is 12.0 Å². The van der Waals surface area contributed by atoms with Gasteiger partial charge in [0, 0.05) is 25.9 Å². The molecule has 7 nitrogen and oxygen atoms in total. The summed E-state index contributed by atoms with van der Waals surface area (Å²) in [4.78, 5) is 21.9. The number of morpholine rings is 1. The van der Waals surface area contributed by atoms with Crippen molar-refractivity contribution in [3.63, 3.8) is 0 Å². The van der Waals surface area contributed by atoms with E-state index in [2.05, 4.69) is 10.1 Å². The first-order valence-corrected chi connectivity index (χ1v) is 10.7. The molecule has 156 valence electrons. The van der Waals surface area contributed by atoms with E-state index < -0.39 is 0 Å². The molecule has 2 fully saturated rings. The Morgan fingerprint density at radius 2 is 2.07 bits per heavy atom. The number of carbonyl (C=O) groups is 1. The minimum atomic E-state index is -0.204.